The summed E-state index contributed by atoms with van der Waals surface area (Å²) in [5.41, 5.74) is -0.946. The first-order chi connectivity index (χ1) is 9.24. The molecule has 1 saturated heterocycles. The zero-order chi connectivity index (χ0) is 15.0. The van der Waals surface area contributed by atoms with Crippen molar-refractivity contribution in [2.75, 3.05) is 13.1 Å². The van der Waals surface area contributed by atoms with Crippen molar-refractivity contribution in [2.24, 2.45) is 0 Å². The molecule has 1 aromatic carbocycles. The minimum absolute atomic E-state index is 0.0447. The highest BCUT2D eigenvalue weighted by Crippen LogP contribution is 2.27. The Balaban J connectivity index is 2.36. The second kappa shape index (κ2) is 5.38. The molecular weight excluding hydrogens is 288 g/mol. The molecule has 0 aromatic heterocycles. The van der Waals surface area contributed by atoms with E-state index in [1.54, 1.807) is 6.92 Å². The standard InChI is InChI=1S/C13H17F2NO3S/c1-13(17)6-3-8-16(9-7-13)20(18,19)12-10(14)4-2-5-11(12)15/h2,4-5,17H,3,6-9H2,1H3. The van der Waals surface area contributed by atoms with Gasteiger partial charge in [0.2, 0.25) is 10.0 Å². The van der Waals surface area contributed by atoms with Crippen LogP contribution < -0.4 is 0 Å². The summed E-state index contributed by atoms with van der Waals surface area (Å²) >= 11 is 0. The zero-order valence-electron chi connectivity index (χ0n) is 11.1. The second-order valence-electron chi connectivity index (χ2n) is 5.31. The van der Waals surface area contributed by atoms with Crippen LogP contribution >= 0.6 is 0 Å². The van der Waals surface area contributed by atoms with E-state index in [-0.39, 0.29) is 19.5 Å². The molecule has 2 rings (SSSR count). The Bertz CT molecular complexity index is 581. The average Bonchev–Trinajstić information content (AvgIpc) is 2.50. The van der Waals surface area contributed by atoms with Gasteiger partial charge < -0.3 is 5.11 Å². The summed E-state index contributed by atoms with van der Waals surface area (Å²) in [6.45, 7) is 1.82. The number of halogens is 2. The summed E-state index contributed by atoms with van der Waals surface area (Å²) in [5.74, 6) is -2.19. The lowest BCUT2D eigenvalue weighted by atomic mass is 9.98. The van der Waals surface area contributed by atoms with Crippen molar-refractivity contribution < 1.29 is 22.3 Å². The van der Waals surface area contributed by atoms with Crippen LogP contribution in [0.2, 0.25) is 0 Å². The average molecular weight is 305 g/mol. The van der Waals surface area contributed by atoms with E-state index >= 15 is 0 Å². The largest absolute Gasteiger partial charge is 0.390 e. The van der Waals surface area contributed by atoms with Crippen molar-refractivity contribution in [3.8, 4) is 0 Å². The van der Waals surface area contributed by atoms with Gasteiger partial charge in [-0.3, -0.25) is 0 Å². The molecule has 0 amide bonds. The molecule has 0 spiro atoms. The first-order valence-electron chi connectivity index (χ1n) is 6.41. The third-order valence-corrected chi connectivity index (χ3v) is 5.49. The maximum Gasteiger partial charge on any atom is 0.248 e. The summed E-state index contributed by atoms with van der Waals surface area (Å²) < 4.78 is 53.1. The van der Waals surface area contributed by atoms with Gasteiger partial charge >= 0.3 is 0 Å². The first kappa shape index (κ1) is 15.3. The molecule has 112 valence electrons. The molecule has 1 N–H and O–H groups in total. The van der Waals surface area contributed by atoms with Crippen LogP contribution in [-0.2, 0) is 10.0 Å². The lowest BCUT2D eigenvalue weighted by Gasteiger charge is -2.22. The molecule has 1 heterocycles. The van der Waals surface area contributed by atoms with Crippen LogP contribution in [0.15, 0.2) is 23.1 Å². The Kier molecular flexibility index (Phi) is 4.13. The molecule has 0 bridgehead atoms. The molecule has 20 heavy (non-hydrogen) atoms. The van der Waals surface area contributed by atoms with Gasteiger partial charge in [-0.15, -0.1) is 0 Å². The molecule has 1 aliphatic rings. The number of nitrogens with zero attached hydrogens (tertiary/aromatic N) is 1. The second-order valence-corrected chi connectivity index (χ2v) is 7.18. The van der Waals surface area contributed by atoms with Gasteiger partial charge in [0.25, 0.3) is 0 Å². The minimum atomic E-state index is -4.22. The van der Waals surface area contributed by atoms with Crippen LogP contribution in [0, 0.1) is 11.6 Å². The molecule has 0 radical (unpaired) electrons. The van der Waals surface area contributed by atoms with Gasteiger partial charge in [-0.1, -0.05) is 6.07 Å². The number of hydrogen-bond acceptors (Lipinski definition) is 3. The normalized spacial score (nSPS) is 25.4. The maximum atomic E-state index is 13.7. The van der Waals surface area contributed by atoms with Crippen molar-refractivity contribution in [3.63, 3.8) is 0 Å². The molecule has 0 saturated carbocycles. The number of benzene rings is 1. The lowest BCUT2D eigenvalue weighted by Crippen LogP contribution is -2.34. The Labute approximate surface area is 117 Å². The van der Waals surface area contributed by atoms with Gasteiger partial charge in [-0.25, -0.2) is 17.2 Å². The molecular formula is C13H17F2NO3S. The monoisotopic (exact) mass is 305 g/mol. The predicted octanol–water partition coefficient (Wildman–Crippen LogP) is 1.89. The summed E-state index contributed by atoms with van der Waals surface area (Å²) in [6, 6.07) is 2.96. The van der Waals surface area contributed by atoms with Crippen LogP contribution in [0.1, 0.15) is 26.2 Å². The predicted molar refractivity (Wildman–Crippen MR) is 69.6 cm³/mol. The smallest absolute Gasteiger partial charge is 0.248 e. The first-order valence-corrected chi connectivity index (χ1v) is 7.85. The van der Waals surface area contributed by atoms with E-state index in [0.29, 0.717) is 12.8 Å². The van der Waals surface area contributed by atoms with Crippen molar-refractivity contribution in [2.45, 2.75) is 36.7 Å². The third-order valence-electron chi connectivity index (χ3n) is 3.54. The van der Waals surface area contributed by atoms with Crippen molar-refractivity contribution >= 4 is 10.0 Å². The van der Waals surface area contributed by atoms with Crippen LogP contribution in [0.4, 0.5) is 8.78 Å². The quantitative estimate of drug-likeness (QED) is 0.908. The number of sulfonamides is 1. The van der Waals surface area contributed by atoms with Gasteiger partial charge in [0, 0.05) is 13.1 Å². The van der Waals surface area contributed by atoms with E-state index < -0.39 is 32.2 Å². The maximum absolute atomic E-state index is 13.7. The number of hydrogen-bond donors (Lipinski definition) is 1. The molecule has 1 atom stereocenters. The van der Waals surface area contributed by atoms with E-state index in [2.05, 4.69) is 0 Å². The SMILES string of the molecule is CC1(O)CCCN(S(=O)(=O)c2c(F)cccc2F)CC1. The van der Waals surface area contributed by atoms with Crippen LogP contribution in [0.3, 0.4) is 0 Å². The van der Waals surface area contributed by atoms with Crippen LogP contribution in [0.5, 0.6) is 0 Å². The topological polar surface area (TPSA) is 57.6 Å². The molecule has 1 aliphatic heterocycles. The Hall–Kier alpha value is -1.05. The minimum Gasteiger partial charge on any atom is -0.390 e. The van der Waals surface area contributed by atoms with Crippen molar-refractivity contribution in [1.29, 1.82) is 0 Å². The highest BCUT2D eigenvalue weighted by atomic mass is 32.2. The van der Waals surface area contributed by atoms with Gasteiger partial charge in [-0.2, -0.15) is 4.31 Å². The molecule has 1 unspecified atom stereocenters. The number of aliphatic hydroxyl groups is 1. The van der Waals surface area contributed by atoms with Gasteiger partial charge in [0.1, 0.15) is 11.6 Å². The van der Waals surface area contributed by atoms with E-state index in [1.165, 1.54) is 0 Å². The fourth-order valence-electron chi connectivity index (χ4n) is 2.34. The Morgan fingerprint density at radius 2 is 1.80 bits per heavy atom. The third kappa shape index (κ3) is 2.99. The fourth-order valence-corrected chi connectivity index (χ4v) is 3.93. The van der Waals surface area contributed by atoms with E-state index in [0.717, 1.165) is 22.5 Å². The van der Waals surface area contributed by atoms with E-state index in [1.807, 2.05) is 0 Å². The van der Waals surface area contributed by atoms with E-state index in [9.17, 15) is 22.3 Å². The van der Waals surface area contributed by atoms with Crippen molar-refractivity contribution in [3.05, 3.63) is 29.8 Å². The zero-order valence-corrected chi connectivity index (χ0v) is 12.0. The van der Waals surface area contributed by atoms with Crippen molar-refractivity contribution in [1.82, 2.24) is 4.31 Å². The molecule has 0 aliphatic carbocycles. The Morgan fingerprint density at radius 1 is 1.20 bits per heavy atom. The van der Waals surface area contributed by atoms with Gasteiger partial charge in [0.15, 0.2) is 4.90 Å². The molecule has 1 aromatic rings. The number of rotatable bonds is 2. The lowest BCUT2D eigenvalue weighted by molar-refractivity contribution is 0.0465. The summed E-state index contributed by atoms with van der Waals surface area (Å²) in [7, 11) is -4.22. The molecule has 7 heteroatoms. The molecule has 1 fully saturated rings. The highest BCUT2D eigenvalue weighted by Gasteiger charge is 2.34. The highest BCUT2D eigenvalue weighted by molar-refractivity contribution is 7.89. The Morgan fingerprint density at radius 3 is 2.40 bits per heavy atom. The summed E-state index contributed by atoms with van der Waals surface area (Å²) in [4.78, 5) is -0.915. The van der Waals surface area contributed by atoms with E-state index in [4.69, 9.17) is 0 Å². The fraction of sp³-hybridized carbons (Fsp3) is 0.538. The summed E-state index contributed by atoms with van der Waals surface area (Å²) in [6.07, 6.45) is 1.14. The summed E-state index contributed by atoms with van der Waals surface area (Å²) in [5, 5.41) is 9.95. The van der Waals surface area contributed by atoms with Gasteiger partial charge in [0.05, 0.1) is 5.60 Å². The molecule has 4 nitrogen and oxygen atoms in total. The van der Waals surface area contributed by atoms with Crippen LogP contribution in [-0.4, -0.2) is 36.5 Å². The van der Waals surface area contributed by atoms with Gasteiger partial charge in [-0.05, 0) is 38.3 Å². The van der Waals surface area contributed by atoms with Crippen LogP contribution in [0.25, 0.3) is 0 Å².